The number of ether oxygens (including phenoxy) is 1. The lowest BCUT2D eigenvalue weighted by molar-refractivity contribution is -0.129. The number of carbonyl (C=O) groups excluding carboxylic acids is 2. The molecular formula is C36H51NO6. The summed E-state index contributed by atoms with van der Waals surface area (Å²) in [6.45, 7) is 6.54. The number of carboxylic acid groups (broad SMARTS) is 1. The summed E-state index contributed by atoms with van der Waals surface area (Å²) < 4.78 is 5.56. The van der Waals surface area contributed by atoms with Crippen molar-refractivity contribution in [2.45, 2.75) is 85.0 Å². The fraction of sp³-hybridized carbons (Fsp3) is 0.472. The molecule has 7 heteroatoms. The molecule has 0 bridgehead atoms. The third kappa shape index (κ3) is 19.2. The molecule has 1 amide bonds. The Morgan fingerprint density at radius 1 is 0.860 bits per heavy atom. The first-order valence-electron chi connectivity index (χ1n) is 15.5. The van der Waals surface area contributed by atoms with Crippen LogP contribution in [0.15, 0.2) is 79.0 Å². The van der Waals surface area contributed by atoms with Crippen molar-refractivity contribution in [3.8, 4) is 5.75 Å². The van der Waals surface area contributed by atoms with Crippen LogP contribution in [-0.2, 0) is 14.3 Å². The predicted octanol–water partition coefficient (Wildman–Crippen LogP) is 8.59. The maximum absolute atomic E-state index is 12.9. The van der Waals surface area contributed by atoms with Gasteiger partial charge >= 0.3 is 5.97 Å². The monoisotopic (exact) mass is 593 g/mol. The second-order valence-corrected chi connectivity index (χ2v) is 10.9. The molecule has 0 heterocycles. The first-order valence-corrected chi connectivity index (χ1v) is 15.5. The lowest BCUT2D eigenvalue weighted by Gasteiger charge is -2.18. The van der Waals surface area contributed by atoms with Crippen LogP contribution in [0.25, 0.3) is 0 Å². The molecule has 0 saturated carbocycles. The molecule has 1 aromatic carbocycles. The third-order valence-corrected chi connectivity index (χ3v) is 6.43. The van der Waals surface area contributed by atoms with E-state index in [0.717, 1.165) is 51.4 Å². The fourth-order valence-electron chi connectivity index (χ4n) is 4.24. The van der Waals surface area contributed by atoms with Crippen molar-refractivity contribution >= 4 is 23.3 Å². The summed E-state index contributed by atoms with van der Waals surface area (Å²) in [5, 5.41) is 21.5. The zero-order valence-electron chi connectivity index (χ0n) is 26.2. The van der Waals surface area contributed by atoms with Crippen molar-refractivity contribution in [1.29, 1.82) is 0 Å². The Balaban J connectivity index is 2.23. The Labute approximate surface area is 258 Å². The van der Waals surface area contributed by atoms with Gasteiger partial charge in [-0.3, -0.25) is 9.59 Å². The van der Waals surface area contributed by atoms with Crippen molar-refractivity contribution in [2.75, 3.05) is 18.5 Å². The van der Waals surface area contributed by atoms with Gasteiger partial charge in [0.1, 0.15) is 17.9 Å². The highest BCUT2D eigenvalue weighted by atomic mass is 16.5. The molecular weight excluding hydrogens is 542 g/mol. The number of aromatic carboxylic acids is 1. The van der Waals surface area contributed by atoms with E-state index in [2.05, 4.69) is 73.0 Å². The maximum Gasteiger partial charge on any atom is 0.339 e. The summed E-state index contributed by atoms with van der Waals surface area (Å²) in [5.41, 5.74) is -0.0470. The van der Waals surface area contributed by atoms with E-state index in [-0.39, 0.29) is 47.6 Å². The van der Waals surface area contributed by atoms with Gasteiger partial charge in [-0.25, -0.2) is 4.79 Å². The SMILES string of the molecule is CC/C=C\C/C=C\C/C=C\C/C=C\C/C=C\CCCCOCC(=O)CC(CC(C)C)C(=O)Nc1ccc(O)c(C(=O)O)c1. The average Bonchev–Trinajstić information content (AvgIpc) is 2.96. The Hall–Kier alpha value is -3.71. The van der Waals surface area contributed by atoms with Gasteiger partial charge < -0.3 is 20.3 Å². The van der Waals surface area contributed by atoms with Gasteiger partial charge in [0.05, 0.1) is 0 Å². The smallest absolute Gasteiger partial charge is 0.339 e. The number of aromatic hydroxyl groups is 1. The zero-order chi connectivity index (χ0) is 31.7. The third-order valence-electron chi connectivity index (χ3n) is 6.43. The average molecular weight is 594 g/mol. The van der Waals surface area contributed by atoms with E-state index in [1.165, 1.54) is 18.2 Å². The number of carbonyl (C=O) groups is 3. The van der Waals surface area contributed by atoms with E-state index >= 15 is 0 Å². The number of benzene rings is 1. The van der Waals surface area contributed by atoms with Gasteiger partial charge in [-0.1, -0.05) is 81.5 Å². The van der Waals surface area contributed by atoms with Crippen molar-refractivity contribution in [3.63, 3.8) is 0 Å². The minimum absolute atomic E-state index is 0.0358. The van der Waals surface area contributed by atoms with Crippen LogP contribution in [0, 0.1) is 11.8 Å². The minimum atomic E-state index is -1.29. The molecule has 1 aromatic rings. The summed E-state index contributed by atoms with van der Waals surface area (Å²) in [5.74, 6) is -2.55. The lowest BCUT2D eigenvalue weighted by atomic mass is 9.91. The largest absolute Gasteiger partial charge is 0.507 e. The topological polar surface area (TPSA) is 113 Å². The van der Waals surface area contributed by atoms with Crippen LogP contribution in [0.3, 0.4) is 0 Å². The number of phenols is 1. The summed E-state index contributed by atoms with van der Waals surface area (Å²) in [6, 6.07) is 3.85. The molecule has 7 nitrogen and oxygen atoms in total. The number of unbranched alkanes of at least 4 members (excludes halogenated alkanes) is 2. The van der Waals surface area contributed by atoms with Crippen molar-refractivity contribution in [2.24, 2.45) is 11.8 Å². The molecule has 43 heavy (non-hydrogen) atoms. The summed E-state index contributed by atoms with van der Waals surface area (Å²) in [6.07, 6.45) is 30.1. The van der Waals surface area contributed by atoms with E-state index in [1.54, 1.807) is 0 Å². The zero-order valence-corrected chi connectivity index (χ0v) is 26.2. The van der Waals surface area contributed by atoms with E-state index in [9.17, 15) is 24.6 Å². The Bertz CT molecular complexity index is 1110. The fourth-order valence-corrected chi connectivity index (χ4v) is 4.24. The molecule has 236 valence electrons. The number of nitrogens with one attached hydrogen (secondary N) is 1. The van der Waals surface area contributed by atoms with Crippen LogP contribution in [0.1, 0.15) is 95.3 Å². The number of allylic oxidation sites excluding steroid dienone is 10. The van der Waals surface area contributed by atoms with E-state index < -0.39 is 11.9 Å². The van der Waals surface area contributed by atoms with Crippen LogP contribution in [0.5, 0.6) is 5.75 Å². The number of hydrogen-bond donors (Lipinski definition) is 3. The molecule has 3 N–H and O–H groups in total. The first kappa shape index (κ1) is 37.3. The molecule has 0 aliphatic carbocycles. The Morgan fingerprint density at radius 3 is 2.00 bits per heavy atom. The van der Waals surface area contributed by atoms with Gasteiger partial charge in [-0.05, 0) is 81.9 Å². The highest BCUT2D eigenvalue weighted by Gasteiger charge is 2.24. The number of ketones is 1. The molecule has 1 rings (SSSR count). The molecule has 0 aliphatic rings. The van der Waals surface area contributed by atoms with Crippen LogP contribution < -0.4 is 5.32 Å². The molecule has 1 unspecified atom stereocenters. The Morgan fingerprint density at radius 2 is 1.44 bits per heavy atom. The van der Waals surface area contributed by atoms with Gasteiger partial charge in [0.25, 0.3) is 0 Å². The number of hydrogen-bond acceptors (Lipinski definition) is 5. The predicted molar refractivity (Wildman–Crippen MR) is 175 cm³/mol. The quantitative estimate of drug-likeness (QED) is 0.0665. The minimum Gasteiger partial charge on any atom is -0.507 e. The van der Waals surface area contributed by atoms with Gasteiger partial charge in [-0.15, -0.1) is 0 Å². The van der Waals surface area contributed by atoms with Gasteiger partial charge in [0.15, 0.2) is 5.78 Å². The van der Waals surface area contributed by atoms with Crippen LogP contribution in [-0.4, -0.2) is 41.1 Å². The molecule has 1 atom stereocenters. The summed E-state index contributed by atoms with van der Waals surface area (Å²) in [7, 11) is 0. The van der Waals surface area contributed by atoms with E-state index in [0.29, 0.717) is 13.0 Å². The number of Topliss-reactive ketones (excluding diaryl/α,β-unsaturated/α-hetero) is 1. The maximum atomic E-state index is 12.9. The van der Waals surface area contributed by atoms with Gasteiger partial charge in [0, 0.05) is 24.6 Å². The second-order valence-electron chi connectivity index (χ2n) is 10.9. The number of amides is 1. The lowest BCUT2D eigenvalue weighted by Crippen LogP contribution is -2.28. The van der Waals surface area contributed by atoms with Crippen LogP contribution in [0.4, 0.5) is 5.69 Å². The second kappa shape index (κ2) is 23.8. The number of anilines is 1. The summed E-state index contributed by atoms with van der Waals surface area (Å²) >= 11 is 0. The molecule has 0 radical (unpaired) electrons. The molecule has 0 fully saturated rings. The molecule has 0 aliphatic heterocycles. The standard InChI is InChI=1S/C36H51NO6/c1-4-5-6-7-8-9-10-11-12-13-14-15-16-17-18-19-20-21-24-43-28-32(38)26-30(25-29(2)3)35(40)37-31-22-23-34(39)33(27-31)36(41)42/h5-6,8-9,11-12,14-15,17-18,22-23,27,29-30,39H,4,7,10,13,16,19-21,24-26,28H2,1-3H3,(H,37,40)(H,41,42)/b6-5-,9-8-,12-11-,15-14-,18-17-. The number of carboxylic acids is 1. The normalized spacial score (nSPS) is 12.9. The van der Waals surface area contributed by atoms with E-state index in [4.69, 9.17) is 4.74 Å². The Kier molecular flexibility index (Phi) is 20.7. The number of rotatable bonds is 23. The van der Waals surface area contributed by atoms with Crippen LogP contribution >= 0.6 is 0 Å². The highest BCUT2D eigenvalue weighted by molar-refractivity contribution is 5.98. The van der Waals surface area contributed by atoms with Crippen molar-refractivity contribution < 1.29 is 29.3 Å². The van der Waals surface area contributed by atoms with Gasteiger partial charge in [0.2, 0.25) is 5.91 Å². The summed E-state index contributed by atoms with van der Waals surface area (Å²) in [4.78, 5) is 36.7. The highest BCUT2D eigenvalue weighted by Crippen LogP contribution is 2.24. The molecule has 0 spiro atoms. The van der Waals surface area contributed by atoms with E-state index in [1.807, 2.05) is 13.8 Å². The van der Waals surface area contributed by atoms with Crippen LogP contribution in [0.2, 0.25) is 0 Å². The molecule has 0 aromatic heterocycles. The van der Waals surface area contributed by atoms with Gasteiger partial charge in [-0.2, -0.15) is 0 Å². The van der Waals surface area contributed by atoms with Crippen molar-refractivity contribution in [3.05, 3.63) is 84.5 Å². The molecule has 0 saturated heterocycles. The van der Waals surface area contributed by atoms with Crippen molar-refractivity contribution in [1.82, 2.24) is 0 Å². The first-order chi connectivity index (χ1) is 20.7.